The van der Waals surface area contributed by atoms with Crippen molar-refractivity contribution in [2.24, 2.45) is 0 Å². The monoisotopic (exact) mass is 401 g/mol. The Kier molecular flexibility index (Phi) is 5.61. The highest BCUT2D eigenvalue weighted by Gasteiger charge is 2.29. The van der Waals surface area contributed by atoms with Crippen LogP contribution in [0, 0.1) is 0 Å². The number of H-pyrrole nitrogens is 1. The number of aromatic nitrogens is 2. The van der Waals surface area contributed by atoms with Gasteiger partial charge in [0.1, 0.15) is 11.5 Å². The standard InChI is InChI=1S/C23H23N5O2/c1-24-21-12-17(9-10-25-21)18-11-20(23(30)26-13-18)27-19-14-28(15-19)22(29)8-7-16-5-3-2-4-6-16/h2-13,19,27H,14-15H2,1H3,(H,24,25)(H,26,30). The summed E-state index contributed by atoms with van der Waals surface area (Å²) < 4.78 is 0. The average Bonchev–Trinajstić information content (AvgIpc) is 2.76. The van der Waals surface area contributed by atoms with Gasteiger partial charge in [-0.2, -0.15) is 0 Å². The number of aromatic amines is 1. The largest absolute Gasteiger partial charge is 0.374 e. The van der Waals surface area contributed by atoms with Crippen molar-refractivity contribution < 1.29 is 4.79 Å². The molecule has 1 aliphatic heterocycles. The zero-order valence-electron chi connectivity index (χ0n) is 16.6. The number of hydrogen-bond donors (Lipinski definition) is 3. The minimum Gasteiger partial charge on any atom is -0.374 e. The molecule has 30 heavy (non-hydrogen) atoms. The van der Waals surface area contributed by atoms with Crippen molar-refractivity contribution in [2.45, 2.75) is 6.04 Å². The van der Waals surface area contributed by atoms with Crippen molar-refractivity contribution >= 4 is 23.5 Å². The second-order valence-electron chi connectivity index (χ2n) is 7.14. The van der Waals surface area contributed by atoms with Crippen LogP contribution in [0.5, 0.6) is 0 Å². The number of likely N-dealkylation sites (tertiary alicyclic amines) is 1. The van der Waals surface area contributed by atoms with Crippen molar-refractivity contribution in [1.82, 2.24) is 14.9 Å². The lowest BCUT2D eigenvalue weighted by atomic mass is 10.1. The molecule has 3 heterocycles. The number of pyridine rings is 2. The molecule has 0 unspecified atom stereocenters. The summed E-state index contributed by atoms with van der Waals surface area (Å²) in [7, 11) is 1.81. The fourth-order valence-electron chi connectivity index (χ4n) is 3.31. The number of carbonyl (C=O) groups excluding carboxylic acids is 1. The summed E-state index contributed by atoms with van der Waals surface area (Å²) in [5.74, 6) is 0.723. The molecular formula is C23H23N5O2. The van der Waals surface area contributed by atoms with Gasteiger partial charge in [0.25, 0.3) is 5.56 Å². The Bertz CT molecular complexity index is 1120. The Morgan fingerprint density at radius 2 is 1.97 bits per heavy atom. The van der Waals surface area contributed by atoms with Crippen molar-refractivity contribution in [3.63, 3.8) is 0 Å². The molecule has 0 spiro atoms. The SMILES string of the molecule is CNc1cc(-c2c[nH]c(=O)c(NC3CN(C(=O)C=Cc4ccccc4)C3)c2)ccn1. The molecule has 1 aliphatic rings. The van der Waals surface area contributed by atoms with Crippen LogP contribution in [0.25, 0.3) is 17.2 Å². The first kappa shape index (κ1) is 19.4. The number of rotatable bonds is 6. The lowest BCUT2D eigenvalue weighted by Crippen LogP contribution is -2.57. The van der Waals surface area contributed by atoms with E-state index in [1.165, 1.54) is 0 Å². The van der Waals surface area contributed by atoms with Gasteiger partial charge in [-0.15, -0.1) is 0 Å². The van der Waals surface area contributed by atoms with Crippen molar-refractivity contribution in [1.29, 1.82) is 0 Å². The quantitative estimate of drug-likeness (QED) is 0.553. The summed E-state index contributed by atoms with van der Waals surface area (Å²) in [6.45, 7) is 1.11. The third-order valence-corrected chi connectivity index (χ3v) is 5.02. The van der Waals surface area contributed by atoms with Crippen LogP contribution >= 0.6 is 0 Å². The first-order valence-corrected chi connectivity index (χ1v) is 9.78. The molecule has 0 atom stereocenters. The molecule has 1 aromatic carbocycles. The molecule has 3 aromatic rings. The highest BCUT2D eigenvalue weighted by Crippen LogP contribution is 2.22. The number of hydrogen-bond acceptors (Lipinski definition) is 5. The molecule has 1 saturated heterocycles. The van der Waals surface area contributed by atoms with Crippen LogP contribution in [-0.4, -0.2) is 47.0 Å². The van der Waals surface area contributed by atoms with Crippen molar-refractivity contribution in [2.75, 3.05) is 30.8 Å². The average molecular weight is 401 g/mol. The van der Waals surface area contributed by atoms with E-state index in [9.17, 15) is 9.59 Å². The summed E-state index contributed by atoms with van der Waals surface area (Å²) in [4.78, 5) is 33.3. The van der Waals surface area contributed by atoms with Gasteiger partial charge in [-0.05, 0) is 35.4 Å². The third kappa shape index (κ3) is 4.41. The third-order valence-electron chi connectivity index (χ3n) is 5.02. The van der Waals surface area contributed by atoms with Crippen LogP contribution < -0.4 is 16.2 Å². The van der Waals surface area contributed by atoms with Gasteiger partial charge >= 0.3 is 0 Å². The minimum absolute atomic E-state index is 0.0315. The van der Waals surface area contributed by atoms with E-state index in [4.69, 9.17) is 0 Å². The lowest BCUT2D eigenvalue weighted by molar-refractivity contribution is -0.129. The molecule has 1 amide bonds. The van der Waals surface area contributed by atoms with E-state index in [2.05, 4.69) is 20.6 Å². The summed E-state index contributed by atoms with van der Waals surface area (Å²) in [5, 5.41) is 6.26. The molecule has 152 valence electrons. The minimum atomic E-state index is -0.185. The van der Waals surface area contributed by atoms with Crippen molar-refractivity contribution in [3.8, 4) is 11.1 Å². The number of anilines is 2. The van der Waals surface area contributed by atoms with Crippen LogP contribution in [-0.2, 0) is 4.79 Å². The fraction of sp³-hybridized carbons (Fsp3) is 0.174. The highest BCUT2D eigenvalue weighted by atomic mass is 16.2. The van der Waals surface area contributed by atoms with Crippen molar-refractivity contribution in [3.05, 3.63) is 82.9 Å². The molecular weight excluding hydrogens is 378 g/mol. The van der Waals surface area contributed by atoms with E-state index in [0.29, 0.717) is 18.8 Å². The van der Waals surface area contributed by atoms with Crippen LogP contribution in [0.2, 0.25) is 0 Å². The second kappa shape index (κ2) is 8.65. The number of nitrogens with one attached hydrogen (secondary N) is 3. The van der Waals surface area contributed by atoms with Gasteiger partial charge in [-0.25, -0.2) is 4.98 Å². The number of benzene rings is 1. The van der Waals surface area contributed by atoms with E-state index in [1.54, 1.807) is 23.4 Å². The first-order chi connectivity index (χ1) is 14.6. The van der Waals surface area contributed by atoms with Gasteiger partial charge in [0.05, 0.1) is 6.04 Å². The molecule has 4 rings (SSSR count). The Labute approximate surface area is 174 Å². The van der Waals surface area contributed by atoms with Crippen LogP contribution in [0.15, 0.2) is 71.8 Å². The molecule has 7 heteroatoms. The summed E-state index contributed by atoms with van der Waals surface area (Å²) in [6.07, 6.45) is 6.80. The topological polar surface area (TPSA) is 90.1 Å². The Morgan fingerprint density at radius 3 is 2.73 bits per heavy atom. The van der Waals surface area contributed by atoms with E-state index >= 15 is 0 Å². The number of carbonyl (C=O) groups is 1. The summed E-state index contributed by atoms with van der Waals surface area (Å²) >= 11 is 0. The number of amides is 1. The summed E-state index contributed by atoms with van der Waals surface area (Å²) in [5.41, 5.74) is 3.13. The maximum absolute atomic E-state index is 12.3. The van der Waals surface area contributed by atoms with Crippen LogP contribution in [0.1, 0.15) is 5.56 Å². The van der Waals surface area contributed by atoms with Gasteiger partial charge in [0.15, 0.2) is 0 Å². The second-order valence-corrected chi connectivity index (χ2v) is 7.14. The van der Waals surface area contributed by atoms with E-state index in [0.717, 1.165) is 22.5 Å². The van der Waals surface area contributed by atoms with E-state index < -0.39 is 0 Å². The van der Waals surface area contributed by atoms with Gasteiger partial charge in [-0.1, -0.05) is 30.3 Å². The Hall–Kier alpha value is -3.87. The molecule has 0 bridgehead atoms. The highest BCUT2D eigenvalue weighted by molar-refractivity contribution is 5.92. The Balaban J connectivity index is 1.38. The van der Waals surface area contributed by atoms with E-state index in [-0.39, 0.29) is 17.5 Å². The van der Waals surface area contributed by atoms with Gasteiger partial charge in [0, 0.05) is 44.2 Å². The molecule has 0 aliphatic carbocycles. The number of nitrogens with zero attached hydrogens (tertiary/aromatic N) is 2. The predicted molar refractivity (Wildman–Crippen MR) is 119 cm³/mol. The first-order valence-electron chi connectivity index (χ1n) is 9.78. The van der Waals surface area contributed by atoms with Gasteiger partial charge in [-0.3, -0.25) is 9.59 Å². The zero-order valence-corrected chi connectivity index (χ0v) is 16.6. The molecule has 0 saturated carbocycles. The molecule has 3 N–H and O–H groups in total. The van der Waals surface area contributed by atoms with Crippen LogP contribution in [0.4, 0.5) is 11.5 Å². The smallest absolute Gasteiger partial charge is 0.271 e. The fourth-order valence-corrected chi connectivity index (χ4v) is 3.31. The van der Waals surface area contributed by atoms with E-state index in [1.807, 2.05) is 61.7 Å². The molecule has 7 nitrogen and oxygen atoms in total. The Morgan fingerprint density at radius 1 is 1.17 bits per heavy atom. The molecule has 0 radical (unpaired) electrons. The van der Waals surface area contributed by atoms with Crippen LogP contribution in [0.3, 0.4) is 0 Å². The maximum atomic E-state index is 12.3. The predicted octanol–water partition coefficient (Wildman–Crippen LogP) is 2.81. The zero-order chi connectivity index (χ0) is 20.9. The molecule has 1 fully saturated rings. The molecule has 2 aromatic heterocycles. The lowest BCUT2D eigenvalue weighted by Gasteiger charge is -2.39. The maximum Gasteiger partial charge on any atom is 0.271 e. The van der Waals surface area contributed by atoms with Gasteiger partial charge in [0.2, 0.25) is 5.91 Å². The summed E-state index contributed by atoms with van der Waals surface area (Å²) in [6, 6.07) is 15.4. The normalized spacial score (nSPS) is 13.8. The van der Waals surface area contributed by atoms with Gasteiger partial charge < -0.3 is 20.5 Å².